The largest absolute Gasteiger partial charge is 0.481 e. The van der Waals surface area contributed by atoms with Gasteiger partial charge in [0.2, 0.25) is 0 Å². The van der Waals surface area contributed by atoms with Crippen molar-refractivity contribution in [3.8, 4) is 0 Å². The van der Waals surface area contributed by atoms with E-state index in [9.17, 15) is 9.59 Å². The van der Waals surface area contributed by atoms with Crippen molar-refractivity contribution in [2.24, 2.45) is 0 Å². The standard InChI is InChI=1S/C10H7NO2.C6H12O2/c12-10(13)8-5-7-3-1-2-4-9(7)11-6-8;1-2-3-4-5-6(7)8/h1-6H,(H,12,13);2-5H2,1H3,(H,7,8). The van der Waals surface area contributed by atoms with E-state index in [2.05, 4.69) is 11.9 Å². The van der Waals surface area contributed by atoms with E-state index < -0.39 is 11.9 Å². The van der Waals surface area contributed by atoms with Crippen molar-refractivity contribution in [3.63, 3.8) is 0 Å². The summed E-state index contributed by atoms with van der Waals surface area (Å²) in [5.74, 6) is -1.63. The van der Waals surface area contributed by atoms with Crippen LogP contribution < -0.4 is 0 Å². The fourth-order valence-corrected chi connectivity index (χ4v) is 1.71. The van der Waals surface area contributed by atoms with Gasteiger partial charge in [-0.25, -0.2) is 4.79 Å². The van der Waals surface area contributed by atoms with Crippen LogP contribution in [0, 0.1) is 0 Å². The third-order valence-corrected chi connectivity index (χ3v) is 2.83. The number of aliphatic carboxylic acids is 1. The Morgan fingerprint density at radius 1 is 1.14 bits per heavy atom. The van der Waals surface area contributed by atoms with E-state index in [1.165, 1.54) is 6.20 Å². The average Bonchev–Trinajstić information content (AvgIpc) is 2.47. The summed E-state index contributed by atoms with van der Waals surface area (Å²) in [5.41, 5.74) is 1.03. The zero-order valence-corrected chi connectivity index (χ0v) is 12.0. The number of benzene rings is 1. The number of rotatable bonds is 5. The van der Waals surface area contributed by atoms with Crippen molar-refractivity contribution < 1.29 is 19.8 Å². The van der Waals surface area contributed by atoms with Crippen LogP contribution in [0.25, 0.3) is 10.9 Å². The fourth-order valence-electron chi connectivity index (χ4n) is 1.71. The molecule has 0 saturated carbocycles. The number of aromatic nitrogens is 1. The van der Waals surface area contributed by atoms with Crippen LogP contribution in [0.5, 0.6) is 0 Å². The maximum Gasteiger partial charge on any atom is 0.337 e. The number of carboxylic acids is 2. The van der Waals surface area contributed by atoms with Crippen LogP contribution in [0.2, 0.25) is 0 Å². The molecule has 0 unspecified atom stereocenters. The second-order valence-electron chi connectivity index (χ2n) is 4.57. The summed E-state index contributed by atoms with van der Waals surface area (Å²) in [6.07, 6.45) is 4.64. The summed E-state index contributed by atoms with van der Waals surface area (Å²) < 4.78 is 0. The molecular weight excluding hydrogens is 270 g/mol. The zero-order valence-electron chi connectivity index (χ0n) is 12.0. The number of hydrogen-bond donors (Lipinski definition) is 2. The number of nitrogens with zero attached hydrogens (tertiary/aromatic N) is 1. The van der Waals surface area contributed by atoms with Crippen LogP contribution in [-0.4, -0.2) is 27.1 Å². The summed E-state index contributed by atoms with van der Waals surface area (Å²) in [6, 6.07) is 9.03. The topological polar surface area (TPSA) is 87.5 Å². The van der Waals surface area contributed by atoms with Crippen molar-refractivity contribution >= 4 is 22.8 Å². The number of pyridine rings is 1. The molecule has 21 heavy (non-hydrogen) atoms. The Morgan fingerprint density at radius 3 is 2.48 bits per heavy atom. The molecule has 2 aromatic rings. The van der Waals surface area contributed by atoms with Gasteiger partial charge in [-0.3, -0.25) is 9.78 Å². The van der Waals surface area contributed by atoms with Crippen molar-refractivity contribution in [2.45, 2.75) is 32.6 Å². The molecule has 0 fully saturated rings. The van der Waals surface area contributed by atoms with Gasteiger partial charge >= 0.3 is 11.9 Å². The van der Waals surface area contributed by atoms with E-state index in [1.54, 1.807) is 6.07 Å². The Kier molecular flexibility index (Phi) is 6.87. The maximum absolute atomic E-state index is 10.6. The number of para-hydroxylation sites is 1. The highest BCUT2D eigenvalue weighted by Crippen LogP contribution is 2.12. The minimum Gasteiger partial charge on any atom is -0.481 e. The quantitative estimate of drug-likeness (QED) is 0.821. The van der Waals surface area contributed by atoms with Gasteiger partial charge in [0.05, 0.1) is 11.1 Å². The predicted octanol–water partition coefficient (Wildman–Crippen LogP) is 3.58. The van der Waals surface area contributed by atoms with Gasteiger partial charge in [-0.05, 0) is 18.6 Å². The lowest BCUT2D eigenvalue weighted by atomic mass is 10.2. The van der Waals surface area contributed by atoms with Crippen molar-refractivity contribution in [3.05, 3.63) is 42.1 Å². The lowest BCUT2D eigenvalue weighted by molar-refractivity contribution is -0.137. The first kappa shape index (κ1) is 16.6. The molecule has 2 rings (SSSR count). The highest BCUT2D eigenvalue weighted by molar-refractivity contribution is 5.92. The molecule has 1 aromatic carbocycles. The van der Waals surface area contributed by atoms with Crippen molar-refractivity contribution in [1.29, 1.82) is 0 Å². The third-order valence-electron chi connectivity index (χ3n) is 2.83. The third kappa shape index (κ3) is 6.03. The molecule has 0 saturated heterocycles. The van der Waals surface area contributed by atoms with Gasteiger partial charge in [-0.15, -0.1) is 0 Å². The number of unbranched alkanes of at least 4 members (excludes halogenated alkanes) is 2. The first-order valence-electron chi connectivity index (χ1n) is 6.84. The zero-order chi connectivity index (χ0) is 15.7. The second kappa shape index (κ2) is 8.68. The lowest BCUT2D eigenvalue weighted by Gasteiger charge is -1.97. The van der Waals surface area contributed by atoms with Gasteiger partial charge in [0, 0.05) is 18.0 Å². The average molecular weight is 289 g/mol. The van der Waals surface area contributed by atoms with Crippen LogP contribution in [0.15, 0.2) is 36.5 Å². The molecule has 0 bridgehead atoms. The van der Waals surface area contributed by atoms with E-state index in [-0.39, 0.29) is 5.56 Å². The first-order valence-corrected chi connectivity index (χ1v) is 6.84. The Hall–Kier alpha value is -2.43. The molecule has 0 aliphatic heterocycles. The fraction of sp³-hybridized carbons (Fsp3) is 0.312. The molecule has 2 N–H and O–H groups in total. The smallest absolute Gasteiger partial charge is 0.337 e. The van der Waals surface area contributed by atoms with Crippen LogP contribution >= 0.6 is 0 Å². The van der Waals surface area contributed by atoms with Gasteiger partial charge < -0.3 is 10.2 Å². The number of aromatic carboxylic acids is 1. The van der Waals surface area contributed by atoms with Crippen LogP contribution in [0.1, 0.15) is 43.0 Å². The van der Waals surface area contributed by atoms with E-state index in [1.807, 2.05) is 24.3 Å². The van der Waals surface area contributed by atoms with Gasteiger partial charge in [0.15, 0.2) is 0 Å². The summed E-state index contributed by atoms with van der Waals surface area (Å²) in [4.78, 5) is 24.5. The minimum absolute atomic E-state index is 0.221. The number of carboxylic acid groups (broad SMARTS) is 2. The second-order valence-corrected chi connectivity index (χ2v) is 4.57. The molecule has 5 heteroatoms. The van der Waals surface area contributed by atoms with Gasteiger partial charge in [-0.1, -0.05) is 38.0 Å². The minimum atomic E-state index is -0.946. The number of carbonyl (C=O) groups is 2. The van der Waals surface area contributed by atoms with E-state index in [0.717, 1.165) is 30.2 Å². The van der Waals surface area contributed by atoms with Gasteiger partial charge in [0.1, 0.15) is 0 Å². The molecule has 0 amide bonds. The number of hydrogen-bond acceptors (Lipinski definition) is 3. The predicted molar refractivity (Wildman–Crippen MR) is 80.5 cm³/mol. The maximum atomic E-state index is 10.6. The van der Waals surface area contributed by atoms with Crippen LogP contribution in [0.3, 0.4) is 0 Å². The van der Waals surface area contributed by atoms with Crippen molar-refractivity contribution in [2.75, 3.05) is 0 Å². The van der Waals surface area contributed by atoms with Gasteiger partial charge in [-0.2, -0.15) is 0 Å². The Balaban J connectivity index is 0.000000240. The normalized spacial score (nSPS) is 9.76. The molecule has 1 aromatic heterocycles. The molecule has 112 valence electrons. The molecule has 0 aliphatic rings. The highest BCUT2D eigenvalue weighted by Gasteiger charge is 2.03. The molecule has 0 spiro atoms. The molecule has 0 aliphatic carbocycles. The van der Waals surface area contributed by atoms with E-state index in [4.69, 9.17) is 10.2 Å². The van der Waals surface area contributed by atoms with Gasteiger partial charge in [0.25, 0.3) is 0 Å². The molecule has 0 radical (unpaired) electrons. The monoisotopic (exact) mass is 289 g/mol. The Morgan fingerprint density at radius 2 is 1.86 bits per heavy atom. The summed E-state index contributed by atoms with van der Waals surface area (Å²) in [5, 5.41) is 17.7. The molecule has 0 atom stereocenters. The van der Waals surface area contributed by atoms with E-state index in [0.29, 0.717) is 6.42 Å². The Labute approximate surface area is 123 Å². The van der Waals surface area contributed by atoms with Crippen LogP contribution in [0.4, 0.5) is 0 Å². The summed E-state index contributed by atoms with van der Waals surface area (Å²) in [7, 11) is 0. The molecule has 1 heterocycles. The molecule has 5 nitrogen and oxygen atoms in total. The van der Waals surface area contributed by atoms with Crippen molar-refractivity contribution in [1.82, 2.24) is 4.98 Å². The lowest BCUT2D eigenvalue weighted by Crippen LogP contribution is -1.96. The summed E-state index contributed by atoms with van der Waals surface area (Å²) in [6.45, 7) is 2.06. The first-order chi connectivity index (χ1) is 10.0. The van der Waals surface area contributed by atoms with E-state index >= 15 is 0 Å². The van der Waals surface area contributed by atoms with Crippen LogP contribution in [-0.2, 0) is 4.79 Å². The number of fused-ring (bicyclic) bond motifs is 1. The highest BCUT2D eigenvalue weighted by atomic mass is 16.4. The summed E-state index contributed by atoms with van der Waals surface area (Å²) >= 11 is 0. The molecular formula is C16H19NO4. The SMILES string of the molecule is CCCCCC(=O)O.O=C(O)c1cnc2ccccc2c1. The Bertz CT molecular complexity index is 610.